The zero-order chi connectivity index (χ0) is 20.1. The molecule has 0 aliphatic heterocycles. The van der Waals surface area contributed by atoms with Crippen LogP contribution in [0.5, 0.6) is 0 Å². The van der Waals surface area contributed by atoms with Gasteiger partial charge >= 0.3 is 0 Å². The molecule has 0 saturated carbocycles. The van der Waals surface area contributed by atoms with E-state index < -0.39 is 23.1 Å². The van der Waals surface area contributed by atoms with Crippen molar-refractivity contribution in [2.24, 2.45) is 0 Å². The maximum absolute atomic E-state index is 11.9. The third kappa shape index (κ3) is 11.3. The zero-order valence-corrected chi connectivity index (χ0v) is 15.2. The van der Waals surface area contributed by atoms with E-state index in [1.54, 1.807) is 6.07 Å². The molecule has 0 saturated heterocycles. The van der Waals surface area contributed by atoms with E-state index in [4.69, 9.17) is 25.5 Å². The van der Waals surface area contributed by atoms with Crippen LogP contribution >= 0.6 is 22.3 Å². The predicted molar refractivity (Wildman–Crippen MR) is 90.8 cm³/mol. The third-order valence-corrected chi connectivity index (χ3v) is 2.79. The van der Waals surface area contributed by atoms with E-state index in [1.807, 2.05) is 0 Å². The van der Waals surface area contributed by atoms with Crippen molar-refractivity contribution >= 4 is 32.6 Å². The summed E-state index contributed by atoms with van der Waals surface area (Å²) in [5.41, 5.74) is 0.812. The van der Waals surface area contributed by atoms with Crippen LogP contribution in [0.2, 0.25) is 0 Å². The van der Waals surface area contributed by atoms with Gasteiger partial charge in [0.1, 0.15) is 11.4 Å². The van der Waals surface area contributed by atoms with Gasteiger partial charge in [-0.1, -0.05) is 12.1 Å². The molecule has 2 aromatic rings. The van der Waals surface area contributed by atoms with Crippen LogP contribution in [0.1, 0.15) is 36.8 Å². The summed E-state index contributed by atoms with van der Waals surface area (Å²) in [6.07, 6.45) is -2.45. The van der Waals surface area contributed by atoms with Gasteiger partial charge < -0.3 is 9.66 Å². The molecule has 12 heteroatoms. The molecule has 0 aliphatic carbocycles. The first-order valence-corrected chi connectivity index (χ1v) is 9.03. The van der Waals surface area contributed by atoms with Gasteiger partial charge in [0.05, 0.1) is 6.61 Å². The number of alkyl halides is 5. The maximum Gasteiger partial charge on any atom is 0.280 e. The van der Waals surface area contributed by atoms with Gasteiger partial charge in [0.15, 0.2) is 0 Å². The van der Waals surface area contributed by atoms with Crippen LogP contribution in [0, 0.1) is 0 Å². The molecule has 0 aromatic carbocycles. The Morgan fingerprint density at radius 1 is 1.04 bits per heavy atom. The Morgan fingerprint density at radius 3 is 1.65 bits per heavy atom. The number of hydrogen-bond donors (Lipinski definition) is 1. The molecule has 0 bridgehead atoms. The van der Waals surface area contributed by atoms with Crippen molar-refractivity contribution < 1.29 is 32.9 Å². The van der Waals surface area contributed by atoms with Crippen LogP contribution in [0.4, 0.5) is 17.6 Å². The quantitative estimate of drug-likeness (QED) is 0.327. The van der Waals surface area contributed by atoms with Crippen LogP contribution < -0.4 is 0 Å². The van der Waals surface area contributed by atoms with Crippen molar-refractivity contribution in [2.45, 2.75) is 25.3 Å². The summed E-state index contributed by atoms with van der Waals surface area (Å²) in [5.74, 6) is 0.302. The molecule has 148 valence electrons. The highest BCUT2D eigenvalue weighted by Crippen LogP contribution is 2.16. The van der Waals surface area contributed by atoms with E-state index in [1.165, 1.54) is 30.6 Å². The Labute approximate surface area is 160 Å². The highest BCUT2D eigenvalue weighted by molar-refractivity contribution is 8.03. The summed E-state index contributed by atoms with van der Waals surface area (Å²) in [6.45, 7) is -0.170. The predicted octanol–water partition coefficient (Wildman–Crippen LogP) is 4.53. The lowest BCUT2D eigenvalue weighted by molar-refractivity contribution is 0.145. The number of aliphatic hydroxyl groups is 1. The average Bonchev–Trinajstić information content (AvgIpc) is 2.61. The highest BCUT2D eigenvalue weighted by atomic mass is 35.7. The van der Waals surface area contributed by atoms with Gasteiger partial charge in [-0.15, -0.1) is 11.6 Å². The van der Waals surface area contributed by atoms with Crippen molar-refractivity contribution in [2.75, 3.05) is 0 Å². The van der Waals surface area contributed by atoms with Gasteiger partial charge in [0.2, 0.25) is 0 Å². The minimum absolute atomic E-state index is 0. The molecule has 0 amide bonds. The Kier molecular flexibility index (Phi) is 13.1. The lowest BCUT2D eigenvalue weighted by Crippen LogP contribution is -1.91. The average molecular weight is 439 g/mol. The van der Waals surface area contributed by atoms with Gasteiger partial charge in [0.25, 0.3) is 12.9 Å². The summed E-state index contributed by atoms with van der Waals surface area (Å²) >= 11 is 5.43. The summed E-state index contributed by atoms with van der Waals surface area (Å²) in [4.78, 5) is 6.95. The Bertz CT molecular complexity index is 600. The number of halogens is 6. The van der Waals surface area contributed by atoms with Crippen molar-refractivity contribution in [3.8, 4) is 0 Å². The van der Waals surface area contributed by atoms with Crippen LogP contribution in [0.15, 0.2) is 36.7 Å². The SMILES string of the molecule is FC(F)c1ccc(CCl)cn1.O=S([O-])Cl.OCc1ccc(C(F)F)nc1.[2HH]. The van der Waals surface area contributed by atoms with E-state index in [0.717, 1.165) is 5.56 Å². The van der Waals surface area contributed by atoms with Crippen molar-refractivity contribution in [1.82, 2.24) is 9.97 Å². The number of nitrogens with zero attached hydrogens (tertiary/aromatic N) is 2. The molecule has 26 heavy (non-hydrogen) atoms. The number of hydrogen-bond acceptors (Lipinski definition) is 5. The fourth-order valence-electron chi connectivity index (χ4n) is 1.30. The summed E-state index contributed by atoms with van der Waals surface area (Å²) in [7, 11) is 1.80. The lowest BCUT2D eigenvalue weighted by Gasteiger charge is -1.98. The van der Waals surface area contributed by atoms with Gasteiger partial charge in [-0.3, -0.25) is 14.2 Å². The molecular weight excluding hydrogens is 423 g/mol. The first-order chi connectivity index (χ1) is 12.2. The smallest absolute Gasteiger partial charge is 0.280 e. The first kappa shape index (κ1) is 24.7. The molecule has 2 heterocycles. The highest BCUT2D eigenvalue weighted by Gasteiger charge is 2.07. The fourth-order valence-corrected chi connectivity index (χ4v) is 1.46. The molecule has 2 rings (SSSR count). The molecule has 0 fully saturated rings. The van der Waals surface area contributed by atoms with E-state index in [9.17, 15) is 17.6 Å². The van der Waals surface area contributed by atoms with Gasteiger partial charge in [-0.25, -0.2) is 17.6 Å². The largest absolute Gasteiger partial charge is 0.760 e. The zero-order valence-electron chi connectivity index (χ0n) is 12.9. The molecule has 2 aromatic heterocycles. The van der Waals surface area contributed by atoms with Crippen LogP contribution in [-0.4, -0.2) is 23.8 Å². The summed E-state index contributed by atoms with van der Waals surface area (Å²) in [5, 5.41) is 8.54. The number of aliphatic hydroxyl groups excluding tert-OH is 1. The lowest BCUT2D eigenvalue weighted by atomic mass is 10.3. The second-order valence-electron chi connectivity index (χ2n) is 4.27. The molecular formula is C14H15Cl2F4N2O3S-. The summed E-state index contributed by atoms with van der Waals surface area (Å²) in [6, 6.07) is 5.45. The van der Waals surface area contributed by atoms with Crippen LogP contribution in [0.25, 0.3) is 0 Å². The van der Waals surface area contributed by atoms with Gasteiger partial charge in [-0.05, 0) is 33.9 Å². The van der Waals surface area contributed by atoms with Crippen molar-refractivity contribution in [1.29, 1.82) is 0 Å². The maximum atomic E-state index is 11.9. The van der Waals surface area contributed by atoms with E-state index >= 15 is 0 Å². The van der Waals surface area contributed by atoms with Crippen molar-refractivity contribution in [3.63, 3.8) is 0 Å². The second kappa shape index (κ2) is 13.8. The standard InChI is InChI=1S/C7H6ClF2N.C7H7F2NO.ClHO2S.H2/c8-3-5-1-2-6(7(9)10)11-4-5;8-7(9)6-2-1-5(4-11)3-10-6;1-4(2)3;/h1-2,4,7H,3H2;1-3,7,11H,4H2;(H,2,3);1H/p-1/i;;;1+1. The van der Waals surface area contributed by atoms with Crippen molar-refractivity contribution in [3.05, 3.63) is 59.2 Å². The summed E-state index contributed by atoms with van der Waals surface area (Å²) < 4.78 is 65.1. The monoisotopic (exact) mass is 438 g/mol. The van der Waals surface area contributed by atoms with Crippen LogP contribution in [0.3, 0.4) is 0 Å². The third-order valence-electron chi connectivity index (χ3n) is 2.48. The molecule has 1 N–H and O–H groups in total. The Balaban J connectivity index is 0. The normalized spacial score (nSPS) is 11.3. The first-order valence-electron chi connectivity index (χ1n) is 6.59. The van der Waals surface area contributed by atoms with Crippen LogP contribution in [-0.2, 0) is 22.8 Å². The Hall–Kier alpha value is -1.33. The minimum Gasteiger partial charge on any atom is -0.760 e. The van der Waals surface area contributed by atoms with Gasteiger partial charge in [0, 0.05) is 30.0 Å². The van der Waals surface area contributed by atoms with E-state index in [-0.39, 0.29) is 19.4 Å². The molecule has 0 aliphatic rings. The number of rotatable bonds is 4. The second-order valence-corrected chi connectivity index (χ2v) is 5.68. The Morgan fingerprint density at radius 2 is 1.42 bits per heavy atom. The number of aromatic nitrogens is 2. The molecule has 5 nitrogen and oxygen atoms in total. The van der Waals surface area contributed by atoms with E-state index in [2.05, 4.69) is 20.7 Å². The number of pyridine rings is 2. The molecule has 0 radical (unpaired) electrons. The molecule has 0 spiro atoms. The molecule has 1 atom stereocenters. The van der Waals surface area contributed by atoms with Gasteiger partial charge in [-0.2, -0.15) is 0 Å². The van der Waals surface area contributed by atoms with E-state index in [0.29, 0.717) is 11.4 Å². The fraction of sp³-hybridized carbons (Fsp3) is 0.286. The minimum atomic E-state index is -2.54. The molecule has 1 unspecified atom stereocenters. The topological polar surface area (TPSA) is 86.1 Å².